The topological polar surface area (TPSA) is 95.9 Å². The number of aromatic nitrogens is 4. The number of nitrogens with zero attached hydrogens (tertiary/aromatic N) is 4. The van der Waals surface area contributed by atoms with E-state index in [4.69, 9.17) is 10.5 Å². The molecule has 1 aliphatic heterocycles. The highest BCUT2D eigenvalue weighted by atomic mass is 79.9. The van der Waals surface area contributed by atoms with E-state index in [-0.39, 0.29) is 0 Å². The molecule has 1 unspecified atom stereocenters. The van der Waals surface area contributed by atoms with E-state index in [1.807, 2.05) is 53.1 Å². The van der Waals surface area contributed by atoms with Crippen LogP contribution in [0.3, 0.4) is 0 Å². The van der Waals surface area contributed by atoms with Crippen molar-refractivity contribution >= 4 is 44.8 Å². The molecule has 5 rings (SSSR count). The smallest absolute Gasteiger partial charge is 0.165 e. The second kappa shape index (κ2) is 7.38. The van der Waals surface area contributed by atoms with Gasteiger partial charge in [0.2, 0.25) is 0 Å². The van der Waals surface area contributed by atoms with E-state index in [9.17, 15) is 4.79 Å². The van der Waals surface area contributed by atoms with E-state index in [0.29, 0.717) is 35.0 Å². The Labute approximate surface area is 180 Å². The summed E-state index contributed by atoms with van der Waals surface area (Å²) in [6, 6.07) is 15.5. The molecule has 2 aromatic carbocycles. The number of aldehydes is 1. The van der Waals surface area contributed by atoms with E-state index in [1.165, 1.54) is 6.33 Å². The van der Waals surface area contributed by atoms with E-state index < -0.39 is 5.92 Å². The number of hydrogen-bond acceptors (Lipinski definition) is 6. The van der Waals surface area contributed by atoms with Gasteiger partial charge in [-0.1, -0.05) is 46.3 Å². The van der Waals surface area contributed by atoms with Gasteiger partial charge in [0, 0.05) is 15.6 Å². The van der Waals surface area contributed by atoms with Gasteiger partial charge in [-0.15, -0.1) is 0 Å². The molecule has 0 saturated carbocycles. The summed E-state index contributed by atoms with van der Waals surface area (Å²) in [7, 11) is 0. The molecule has 0 saturated heterocycles. The van der Waals surface area contributed by atoms with Gasteiger partial charge < -0.3 is 19.8 Å². The minimum atomic E-state index is -0.460. The third-order valence-corrected chi connectivity index (χ3v) is 5.61. The van der Waals surface area contributed by atoms with Gasteiger partial charge >= 0.3 is 0 Å². The fourth-order valence-electron chi connectivity index (χ4n) is 3.76. The fraction of sp³-hybridized carbons (Fsp3) is 0.0909. The molecular formula is C22H16BrN5O2. The summed E-state index contributed by atoms with van der Waals surface area (Å²) in [6.07, 6.45) is 4.02. The quantitative estimate of drug-likeness (QED) is 0.462. The minimum absolute atomic E-state index is 0.321. The van der Waals surface area contributed by atoms with Gasteiger partial charge in [0.1, 0.15) is 29.6 Å². The fourth-order valence-corrected chi connectivity index (χ4v) is 4.14. The van der Waals surface area contributed by atoms with Crippen LogP contribution in [0, 0.1) is 0 Å². The molecule has 2 aromatic heterocycles. The molecule has 3 heterocycles. The van der Waals surface area contributed by atoms with Crippen molar-refractivity contribution in [2.75, 3.05) is 5.73 Å². The van der Waals surface area contributed by atoms with Gasteiger partial charge in [0.25, 0.3) is 0 Å². The van der Waals surface area contributed by atoms with Crippen LogP contribution in [-0.2, 0) is 11.3 Å². The van der Waals surface area contributed by atoms with Crippen molar-refractivity contribution in [3.63, 3.8) is 0 Å². The number of anilines is 1. The van der Waals surface area contributed by atoms with Crippen LogP contribution >= 0.6 is 15.9 Å². The van der Waals surface area contributed by atoms with Gasteiger partial charge in [-0.2, -0.15) is 0 Å². The first-order valence-corrected chi connectivity index (χ1v) is 10.1. The van der Waals surface area contributed by atoms with E-state index in [1.54, 1.807) is 6.33 Å². The molecular weight excluding hydrogens is 446 g/mol. The molecule has 30 heavy (non-hydrogen) atoms. The third kappa shape index (κ3) is 3.05. The second-order valence-electron chi connectivity index (χ2n) is 6.90. The molecule has 7 nitrogen and oxygen atoms in total. The molecule has 4 aromatic rings. The zero-order chi connectivity index (χ0) is 20.7. The first-order valence-electron chi connectivity index (χ1n) is 9.28. The number of hydrogen-bond donors (Lipinski definition) is 1. The van der Waals surface area contributed by atoms with Gasteiger partial charge in [0.15, 0.2) is 11.5 Å². The Morgan fingerprint density at radius 1 is 1.13 bits per heavy atom. The standard InChI is InChI=1S/C22H16BrN5O2/c23-14-6-7-17-15(8-14)16(10-29)19(13-4-2-1-3-5-13)18(30-17)9-28-12-27-20-21(24)25-11-26-22(20)28/h1-8,10-12,16H,9H2,(H2,24,25,26). The molecule has 148 valence electrons. The first-order chi connectivity index (χ1) is 14.7. The molecule has 0 bridgehead atoms. The number of allylic oxidation sites excluding steroid dienone is 2. The van der Waals surface area contributed by atoms with Crippen LogP contribution in [0.1, 0.15) is 17.0 Å². The van der Waals surface area contributed by atoms with Crippen LogP contribution in [0.25, 0.3) is 16.7 Å². The van der Waals surface area contributed by atoms with Gasteiger partial charge in [0.05, 0.1) is 18.8 Å². The Morgan fingerprint density at radius 2 is 1.97 bits per heavy atom. The van der Waals surface area contributed by atoms with Crippen molar-refractivity contribution in [3.8, 4) is 5.75 Å². The summed E-state index contributed by atoms with van der Waals surface area (Å²) in [5.41, 5.74) is 9.63. The summed E-state index contributed by atoms with van der Waals surface area (Å²) < 4.78 is 9.05. The second-order valence-corrected chi connectivity index (χ2v) is 7.82. The molecule has 0 aliphatic carbocycles. The number of nitrogen functional groups attached to an aromatic ring is 1. The molecule has 0 amide bonds. The number of carbonyl (C=O) groups is 1. The average Bonchev–Trinajstić information content (AvgIpc) is 3.18. The number of nitrogens with two attached hydrogens (primary N) is 1. The van der Waals surface area contributed by atoms with E-state index in [0.717, 1.165) is 27.5 Å². The SMILES string of the molecule is Nc1ncnc2c1ncn2CC1=C(c2ccccc2)C(C=O)c2cc(Br)ccc2O1. The summed E-state index contributed by atoms with van der Waals surface area (Å²) in [4.78, 5) is 24.9. The Hall–Kier alpha value is -3.52. The molecule has 0 spiro atoms. The number of fused-ring (bicyclic) bond motifs is 2. The monoisotopic (exact) mass is 461 g/mol. The lowest BCUT2D eigenvalue weighted by molar-refractivity contribution is -0.108. The highest BCUT2D eigenvalue weighted by Gasteiger charge is 2.31. The lowest BCUT2D eigenvalue weighted by Crippen LogP contribution is -2.19. The number of halogens is 1. The van der Waals surface area contributed by atoms with Crippen molar-refractivity contribution in [1.82, 2.24) is 19.5 Å². The molecule has 2 N–H and O–H groups in total. The average molecular weight is 462 g/mol. The Kier molecular flexibility index (Phi) is 4.55. The predicted octanol–water partition coefficient (Wildman–Crippen LogP) is 3.96. The molecule has 8 heteroatoms. The largest absolute Gasteiger partial charge is 0.459 e. The Bertz CT molecular complexity index is 1300. The van der Waals surface area contributed by atoms with Crippen LogP contribution in [0.4, 0.5) is 5.82 Å². The maximum absolute atomic E-state index is 12.3. The van der Waals surface area contributed by atoms with Crippen molar-refractivity contribution in [2.45, 2.75) is 12.5 Å². The number of carbonyl (C=O) groups excluding carboxylic acids is 1. The summed E-state index contributed by atoms with van der Waals surface area (Å²) in [5, 5.41) is 0. The highest BCUT2D eigenvalue weighted by Crippen LogP contribution is 2.44. The minimum Gasteiger partial charge on any atom is -0.459 e. The van der Waals surface area contributed by atoms with Crippen LogP contribution in [0.5, 0.6) is 5.75 Å². The normalized spacial score (nSPS) is 15.7. The Balaban J connectivity index is 1.69. The number of imidazole rings is 1. The van der Waals surface area contributed by atoms with Crippen LogP contribution in [0.2, 0.25) is 0 Å². The maximum atomic E-state index is 12.3. The molecule has 1 atom stereocenters. The zero-order valence-electron chi connectivity index (χ0n) is 15.7. The molecule has 0 radical (unpaired) electrons. The maximum Gasteiger partial charge on any atom is 0.165 e. The summed E-state index contributed by atoms with van der Waals surface area (Å²) >= 11 is 3.49. The molecule has 1 aliphatic rings. The lowest BCUT2D eigenvalue weighted by atomic mass is 9.84. The summed E-state index contributed by atoms with van der Waals surface area (Å²) in [6.45, 7) is 0.344. The zero-order valence-corrected chi connectivity index (χ0v) is 17.3. The highest BCUT2D eigenvalue weighted by molar-refractivity contribution is 9.10. The van der Waals surface area contributed by atoms with Crippen molar-refractivity contribution in [1.29, 1.82) is 0 Å². The van der Waals surface area contributed by atoms with E-state index >= 15 is 0 Å². The lowest BCUT2D eigenvalue weighted by Gasteiger charge is -2.28. The van der Waals surface area contributed by atoms with Crippen molar-refractivity contribution in [2.24, 2.45) is 0 Å². The van der Waals surface area contributed by atoms with Crippen LogP contribution < -0.4 is 10.5 Å². The van der Waals surface area contributed by atoms with Gasteiger partial charge in [-0.25, -0.2) is 15.0 Å². The van der Waals surface area contributed by atoms with E-state index in [2.05, 4.69) is 30.9 Å². The van der Waals surface area contributed by atoms with Crippen LogP contribution in [0.15, 0.2) is 71.4 Å². The molecule has 0 fully saturated rings. The number of rotatable bonds is 4. The van der Waals surface area contributed by atoms with Gasteiger partial charge in [-0.3, -0.25) is 0 Å². The summed E-state index contributed by atoms with van der Waals surface area (Å²) in [5.74, 6) is 1.17. The van der Waals surface area contributed by atoms with Crippen molar-refractivity contribution in [3.05, 3.63) is 82.5 Å². The predicted molar refractivity (Wildman–Crippen MR) is 117 cm³/mol. The third-order valence-electron chi connectivity index (χ3n) is 5.12. The van der Waals surface area contributed by atoms with Crippen molar-refractivity contribution < 1.29 is 9.53 Å². The van der Waals surface area contributed by atoms with Crippen LogP contribution in [-0.4, -0.2) is 25.8 Å². The van der Waals surface area contributed by atoms with Gasteiger partial charge in [-0.05, 0) is 23.8 Å². The Morgan fingerprint density at radius 3 is 2.77 bits per heavy atom. The number of benzene rings is 2. The first kappa shape index (κ1) is 18.5. The number of ether oxygens (including phenoxy) is 1.